The first-order valence-corrected chi connectivity index (χ1v) is 9.95. The van der Waals surface area contributed by atoms with Crippen LogP contribution in [0.5, 0.6) is 0 Å². The van der Waals surface area contributed by atoms with Crippen LogP contribution >= 0.6 is 0 Å². The van der Waals surface area contributed by atoms with Gasteiger partial charge in [-0.3, -0.25) is 4.79 Å². The SMILES string of the molecule is O=C1CCCN1CCn1nc(CC2CCNCC2)n(-c2ccccc2)c1=O. The van der Waals surface area contributed by atoms with Crippen molar-refractivity contribution < 1.29 is 4.79 Å². The summed E-state index contributed by atoms with van der Waals surface area (Å²) in [5.74, 6) is 1.55. The number of rotatable bonds is 6. The van der Waals surface area contributed by atoms with Gasteiger partial charge in [0.25, 0.3) is 0 Å². The van der Waals surface area contributed by atoms with E-state index in [-0.39, 0.29) is 11.6 Å². The fourth-order valence-electron chi connectivity index (χ4n) is 4.07. The number of nitrogens with one attached hydrogen (secondary N) is 1. The zero-order valence-corrected chi connectivity index (χ0v) is 15.6. The molecule has 144 valence electrons. The number of aromatic nitrogens is 3. The Hall–Kier alpha value is -2.41. The molecule has 0 radical (unpaired) electrons. The molecule has 0 atom stereocenters. The Morgan fingerprint density at radius 1 is 1.07 bits per heavy atom. The number of likely N-dealkylation sites (tertiary alicyclic amines) is 1. The zero-order valence-electron chi connectivity index (χ0n) is 15.6. The van der Waals surface area contributed by atoms with E-state index in [4.69, 9.17) is 0 Å². The molecular formula is C20H27N5O2. The van der Waals surface area contributed by atoms with Crippen molar-refractivity contribution in [3.8, 4) is 5.69 Å². The minimum absolute atomic E-state index is 0.114. The number of piperidine rings is 1. The Bertz CT molecular complexity index is 836. The van der Waals surface area contributed by atoms with E-state index in [2.05, 4.69) is 10.4 Å². The van der Waals surface area contributed by atoms with Crippen molar-refractivity contribution in [3.05, 3.63) is 46.6 Å². The fraction of sp³-hybridized carbons (Fsp3) is 0.550. The lowest BCUT2D eigenvalue weighted by atomic mass is 9.94. The molecule has 27 heavy (non-hydrogen) atoms. The molecule has 2 aliphatic heterocycles. The van der Waals surface area contributed by atoms with Gasteiger partial charge in [-0.15, -0.1) is 0 Å². The molecule has 0 spiro atoms. The molecule has 1 N–H and O–H groups in total. The van der Waals surface area contributed by atoms with Crippen molar-refractivity contribution in [2.75, 3.05) is 26.2 Å². The lowest BCUT2D eigenvalue weighted by Crippen LogP contribution is -2.32. The van der Waals surface area contributed by atoms with Crippen LogP contribution in [-0.4, -0.2) is 51.3 Å². The molecule has 4 rings (SSSR count). The maximum Gasteiger partial charge on any atom is 0.350 e. The average Bonchev–Trinajstić information content (AvgIpc) is 3.24. The van der Waals surface area contributed by atoms with Gasteiger partial charge in [-0.05, 0) is 50.4 Å². The first-order chi connectivity index (χ1) is 13.2. The van der Waals surface area contributed by atoms with Crippen molar-refractivity contribution in [1.29, 1.82) is 0 Å². The number of para-hydroxylation sites is 1. The van der Waals surface area contributed by atoms with Crippen LogP contribution in [0.4, 0.5) is 0 Å². The van der Waals surface area contributed by atoms with Crippen molar-refractivity contribution in [1.82, 2.24) is 24.6 Å². The largest absolute Gasteiger partial charge is 0.350 e. The molecule has 0 bridgehead atoms. The highest BCUT2D eigenvalue weighted by atomic mass is 16.2. The maximum absolute atomic E-state index is 13.1. The Morgan fingerprint density at radius 3 is 2.56 bits per heavy atom. The molecular weight excluding hydrogens is 342 g/mol. The fourth-order valence-corrected chi connectivity index (χ4v) is 4.07. The number of nitrogens with zero attached hydrogens (tertiary/aromatic N) is 4. The Kier molecular flexibility index (Phi) is 5.38. The maximum atomic E-state index is 13.1. The first-order valence-electron chi connectivity index (χ1n) is 9.95. The van der Waals surface area contributed by atoms with Crippen LogP contribution in [0.3, 0.4) is 0 Å². The molecule has 0 saturated carbocycles. The Balaban J connectivity index is 1.59. The molecule has 1 amide bonds. The topological polar surface area (TPSA) is 72.2 Å². The molecule has 2 aliphatic rings. The summed E-state index contributed by atoms with van der Waals surface area (Å²) in [6.07, 6.45) is 4.55. The van der Waals surface area contributed by atoms with E-state index in [0.29, 0.717) is 25.4 Å². The van der Waals surface area contributed by atoms with Gasteiger partial charge in [-0.2, -0.15) is 5.10 Å². The van der Waals surface area contributed by atoms with E-state index in [1.165, 1.54) is 4.68 Å². The van der Waals surface area contributed by atoms with Crippen LogP contribution in [0, 0.1) is 5.92 Å². The van der Waals surface area contributed by atoms with Crippen LogP contribution in [-0.2, 0) is 17.8 Å². The van der Waals surface area contributed by atoms with Crippen LogP contribution in [0.2, 0.25) is 0 Å². The van der Waals surface area contributed by atoms with Crippen molar-refractivity contribution >= 4 is 5.91 Å². The number of carbonyl (C=O) groups excluding carboxylic acids is 1. The van der Waals surface area contributed by atoms with E-state index in [0.717, 1.165) is 56.8 Å². The molecule has 2 fully saturated rings. The monoisotopic (exact) mass is 369 g/mol. The van der Waals surface area contributed by atoms with Crippen molar-refractivity contribution in [3.63, 3.8) is 0 Å². The predicted molar refractivity (Wildman–Crippen MR) is 103 cm³/mol. The smallest absolute Gasteiger partial charge is 0.341 e. The van der Waals surface area contributed by atoms with E-state index < -0.39 is 0 Å². The van der Waals surface area contributed by atoms with E-state index in [1.54, 1.807) is 4.57 Å². The summed E-state index contributed by atoms with van der Waals surface area (Å²) < 4.78 is 3.28. The van der Waals surface area contributed by atoms with Gasteiger partial charge in [0.2, 0.25) is 5.91 Å². The van der Waals surface area contributed by atoms with Gasteiger partial charge in [-0.1, -0.05) is 18.2 Å². The van der Waals surface area contributed by atoms with Crippen LogP contribution in [0.15, 0.2) is 35.1 Å². The third kappa shape index (κ3) is 3.98. The summed E-state index contributed by atoms with van der Waals surface area (Å²) in [7, 11) is 0. The van der Waals surface area contributed by atoms with Gasteiger partial charge < -0.3 is 10.2 Å². The van der Waals surface area contributed by atoms with E-state index >= 15 is 0 Å². The normalized spacial score (nSPS) is 18.4. The highest BCUT2D eigenvalue weighted by Gasteiger charge is 2.23. The molecule has 2 saturated heterocycles. The molecule has 3 heterocycles. The summed E-state index contributed by atoms with van der Waals surface area (Å²) >= 11 is 0. The third-order valence-electron chi connectivity index (χ3n) is 5.60. The summed E-state index contributed by atoms with van der Waals surface area (Å²) in [6.45, 7) is 3.84. The second-order valence-corrected chi connectivity index (χ2v) is 7.47. The van der Waals surface area contributed by atoms with E-state index in [9.17, 15) is 9.59 Å². The molecule has 2 aromatic rings. The minimum Gasteiger partial charge on any atom is -0.341 e. The Morgan fingerprint density at radius 2 is 1.85 bits per heavy atom. The summed E-state index contributed by atoms with van der Waals surface area (Å²) in [6, 6.07) is 9.73. The second kappa shape index (κ2) is 8.08. The van der Waals surface area contributed by atoms with Gasteiger partial charge >= 0.3 is 5.69 Å². The predicted octanol–water partition coefficient (Wildman–Crippen LogP) is 1.20. The molecule has 0 unspecified atom stereocenters. The number of amides is 1. The van der Waals surface area contributed by atoms with Gasteiger partial charge in [0.05, 0.1) is 12.2 Å². The zero-order chi connectivity index (χ0) is 18.6. The quantitative estimate of drug-likeness (QED) is 0.830. The van der Waals surface area contributed by atoms with E-state index in [1.807, 2.05) is 35.2 Å². The van der Waals surface area contributed by atoms with Crippen LogP contribution in [0.25, 0.3) is 5.69 Å². The summed E-state index contributed by atoms with van der Waals surface area (Å²) in [5.41, 5.74) is 0.742. The molecule has 7 heteroatoms. The van der Waals surface area contributed by atoms with Gasteiger partial charge in [0.15, 0.2) is 0 Å². The van der Waals surface area contributed by atoms with Crippen LogP contribution in [0.1, 0.15) is 31.5 Å². The first kappa shape index (κ1) is 18.0. The molecule has 1 aromatic heterocycles. The van der Waals surface area contributed by atoms with Gasteiger partial charge in [0.1, 0.15) is 5.82 Å². The number of hydrogen-bond acceptors (Lipinski definition) is 4. The second-order valence-electron chi connectivity index (χ2n) is 7.47. The van der Waals surface area contributed by atoms with Crippen LogP contribution < -0.4 is 11.0 Å². The highest BCUT2D eigenvalue weighted by Crippen LogP contribution is 2.18. The summed E-state index contributed by atoms with van der Waals surface area (Å²) in [5, 5.41) is 8.06. The molecule has 0 aliphatic carbocycles. The van der Waals surface area contributed by atoms with Gasteiger partial charge in [-0.25, -0.2) is 14.0 Å². The molecule has 1 aromatic carbocycles. The highest BCUT2D eigenvalue weighted by molar-refractivity contribution is 5.77. The number of hydrogen-bond donors (Lipinski definition) is 1. The standard InChI is InChI=1S/C20H27N5O2/c26-19-7-4-12-23(19)13-14-24-20(27)25(17-5-2-1-3-6-17)18(22-24)15-16-8-10-21-11-9-16/h1-3,5-6,16,21H,4,7-15H2. The van der Waals surface area contributed by atoms with Gasteiger partial charge in [0, 0.05) is 25.9 Å². The number of benzene rings is 1. The summed E-state index contributed by atoms with van der Waals surface area (Å²) in [4.78, 5) is 26.7. The third-order valence-corrected chi connectivity index (χ3v) is 5.60. The Labute approximate surface area is 159 Å². The average molecular weight is 369 g/mol. The lowest BCUT2D eigenvalue weighted by molar-refractivity contribution is -0.127. The van der Waals surface area contributed by atoms with Crippen molar-refractivity contribution in [2.45, 2.75) is 38.6 Å². The molecule has 7 nitrogen and oxygen atoms in total. The van der Waals surface area contributed by atoms with Crippen molar-refractivity contribution in [2.24, 2.45) is 5.92 Å². The minimum atomic E-state index is -0.114. The lowest BCUT2D eigenvalue weighted by Gasteiger charge is -2.22. The number of carbonyl (C=O) groups is 1.